The zero-order valence-corrected chi connectivity index (χ0v) is 21.1. The Balaban J connectivity index is 0.00000363. The Bertz CT molecular complexity index is 857. The summed E-state index contributed by atoms with van der Waals surface area (Å²) in [7, 11) is 3.42. The number of carbonyl (C=O) groups excluding carboxylic acids is 1. The zero-order chi connectivity index (χ0) is 21.9. The predicted octanol–water partition coefficient (Wildman–Crippen LogP) is 2.15. The van der Waals surface area contributed by atoms with Gasteiger partial charge in [-0.25, -0.2) is 4.98 Å². The summed E-state index contributed by atoms with van der Waals surface area (Å²) < 4.78 is 5.39. The zero-order valence-electron chi connectivity index (χ0n) is 18.8. The molecule has 1 amide bonds. The second-order valence-electron chi connectivity index (χ2n) is 7.29. The molecule has 0 atom stereocenters. The molecule has 174 valence electrons. The molecule has 0 aliphatic carbocycles. The van der Waals surface area contributed by atoms with Crippen molar-refractivity contribution >= 4 is 41.7 Å². The maximum atomic E-state index is 12.6. The predicted molar refractivity (Wildman–Crippen MR) is 139 cm³/mol. The van der Waals surface area contributed by atoms with Crippen molar-refractivity contribution < 1.29 is 9.53 Å². The molecule has 0 radical (unpaired) electrons. The van der Waals surface area contributed by atoms with Crippen LogP contribution in [0.3, 0.4) is 0 Å². The molecule has 1 fully saturated rings. The van der Waals surface area contributed by atoms with E-state index in [0.29, 0.717) is 18.9 Å². The molecule has 2 heterocycles. The standard InChI is InChI=1S/C23H32N6O2.HI/c1-24-23(26-13-10-19-7-3-4-8-20(19)31-2)27-14-11-22(30)29-17-15-28(16-18-29)21-9-5-6-12-25-21;/h3-9,12H,10-11,13-18H2,1-2H3,(H2,24,26,27);1H. The highest BCUT2D eigenvalue weighted by Gasteiger charge is 2.21. The molecule has 0 bridgehead atoms. The number of anilines is 1. The number of benzene rings is 1. The normalized spacial score (nSPS) is 13.9. The van der Waals surface area contributed by atoms with Crippen molar-refractivity contribution in [2.45, 2.75) is 12.8 Å². The molecule has 8 nitrogen and oxygen atoms in total. The Morgan fingerprint density at radius 2 is 1.78 bits per heavy atom. The van der Waals surface area contributed by atoms with Crippen LogP contribution in [0.1, 0.15) is 12.0 Å². The molecule has 0 unspecified atom stereocenters. The van der Waals surface area contributed by atoms with Gasteiger partial charge in [0.25, 0.3) is 0 Å². The molecule has 1 aromatic carbocycles. The lowest BCUT2D eigenvalue weighted by Gasteiger charge is -2.35. The highest BCUT2D eigenvalue weighted by molar-refractivity contribution is 14.0. The van der Waals surface area contributed by atoms with Gasteiger partial charge >= 0.3 is 0 Å². The van der Waals surface area contributed by atoms with Gasteiger partial charge in [0.2, 0.25) is 5.91 Å². The van der Waals surface area contributed by atoms with Gasteiger partial charge in [-0.15, -0.1) is 24.0 Å². The number of carbonyl (C=O) groups is 1. The van der Waals surface area contributed by atoms with Gasteiger partial charge in [-0.3, -0.25) is 9.79 Å². The number of para-hydroxylation sites is 1. The first-order valence-electron chi connectivity index (χ1n) is 10.7. The quantitative estimate of drug-likeness (QED) is 0.297. The molecule has 0 saturated carbocycles. The number of amides is 1. The highest BCUT2D eigenvalue weighted by atomic mass is 127. The van der Waals surface area contributed by atoms with Crippen LogP contribution in [-0.2, 0) is 11.2 Å². The van der Waals surface area contributed by atoms with E-state index in [9.17, 15) is 4.79 Å². The third-order valence-electron chi connectivity index (χ3n) is 5.34. The summed E-state index contributed by atoms with van der Waals surface area (Å²) in [5, 5.41) is 6.52. The third kappa shape index (κ3) is 7.54. The topological polar surface area (TPSA) is 82.1 Å². The number of pyridine rings is 1. The minimum Gasteiger partial charge on any atom is -0.496 e. The Morgan fingerprint density at radius 3 is 2.47 bits per heavy atom. The summed E-state index contributed by atoms with van der Waals surface area (Å²) in [6, 6.07) is 13.9. The van der Waals surface area contributed by atoms with Crippen LogP contribution in [0.4, 0.5) is 5.82 Å². The van der Waals surface area contributed by atoms with E-state index >= 15 is 0 Å². The van der Waals surface area contributed by atoms with Gasteiger partial charge in [-0.2, -0.15) is 0 Å². The van der Waals surface area contributed by atoms with Gasteiger partial charge in [0, 0.05) is 58.9 Å². The number of piperazine rings is 1. The fourth-order valence-corrected chi connectivity index (χ4v) is 3.62. The molecule has 32 heavy (non-hydrogen) atoms. The van der Waals surface area contributed by atoms with Crippen LogP contribution < -0.4 is 20.3 Å². The summed E-state index contributed by atoms with van der Waals surface area (Å²) in [4.78, 5) is 25.3. The van der Waals surface area contributed by atoms with Gasteiger partial charge in [0.1, 0.15) is 11.6 Å². The minimum atomic E-state index is 0. The van der Waals surface area contributed by atoms with Crippen LogP contribution in [0.25, 0.3) is 0 Å². The SMILES string of the molecule is CN=C(NCCC(=O)N1CCN(c2ccccn2)CC1)NCCc1ccccc1OC.I. The number of halogens is 1. The number of nitrogens with one attached hydrogen (secondary N) is 2. The molecule has 2 N–H and O–H groups in total. The van der Waals surface area contributed by atoms with Gasteiger partial charge in [-0.05, 0) is 30.2 Å². The lowest BCUT2D eigenvalue weighted by atomic mass is 10.1. The van der Waals surface area contributed by atoms with Crippen molar-refractivity contribution in [3.63, 3.8) is 0 Å². The lowest BCUT2D eigenvalue weighted by Crippen LogP contribution is -2.49. The van der Waals surface area contributed by atoms with Gasteiger partial charge < -0.3 is 25.2 Å². The average molecular weight is 552 g/mol. The molecule has 9 heteroatoms. The molecule has 0 spiro atoms. The molecule has 1 aliphatic rings. The van der Waals surface area contributed by atoms with Gasteiger partial charge in [0.15, 0.2) is 5.96 Å². The third-order valence-corrected chi connectivity index (χ3v) is 5.34. The number of methoxy groups -OCH3 is 1. The Labute approximate surface area is 207 Å². The number of hydrogen-bond donors (Lipinski definition) is 2. The van der Waals surface area contributed by atoms with E-state index in [1.165, 1.54) is 0 Å². The van der Waals surface area contributed by atoms with Crippen LogP contribution in [0.2, 0.25) is 0 Å². The lowest BCUT2D eigenvalue weighted by molar-refractivity contribution is -0.131. The van der Waals surface area contributed by atoms with E-state index in [0.717, 1.165) is 56.3 Å². The average Bonchev–Trinajstić information content (AvgIpc) is 2.84. The van der Waals surface area contributed by atoms with Crippen molar-refractivity contribution in [3.8, 4) is 5.75 Å². The fraction of sp³-hybridized carbons (Fsp3) is 0.435. The molecule has 1 aromatic heterocycles. The Morgan fingerprint density at radius 1 is 1.06 bits per heavy atom. The van der Waals surface area contributed by atoms with Gasteiger partial charge in [0.05, 0.1) is 7.11 Å². The van der Waals surface area contributed by atoms with Crippen molar-refractivity contribution in [1.82, 2.24) is 20.5 Å². The van der Waals surface area contributed by atoms with E-state index in [2.05, 4.69) is 31.6 Å². The number of ether oxygens (including phenoxy) is 1. The van der Waals surface area contributed by atoms with Crippen LogP contribution in [0.5, 0.6) is 5.75 Å². The Hall–Kier alpha value is -2.56. The molecular formula is C23H33IN6O2. The maximum Gasteiger partial charge on any atom is 0.224 e. The van der Waals surface area contributed by atoms with Crippen molar-refractivity contribution in [2.24, 2.45) is 4.99 Å². The minimum absolute atomic E-state index is 0. The first kappa shape index (κ1) is 25.7. The van der Waals surface area contributed by atoms with E-state index in [1.807, 2.05) is 41.3 Å². The first-order valence-corrected chi connectivity index (χ1v) is 10.7. The summed E-state index contributed by atoms with van der Waals surface area (Å²) in [5.41, 5.74) is 1.15. The number of nitrogens with zero attached hydrogens (tertiary/aromatic N) is 4. The van der Waals surface area contributed by atoms with Crippen LogP contribution >= 0.6 is 24.0 Å². The number of rotatable bonds is 8. The molecular weight excluding hydrogens is 519 g/mol. The van der Waals surface area contributed by atoms with Crippen LogP contribution in [0.15, 0.2) is 53.7 Å². The molecule has 1 saturated heterocycles. The van der Waals surface area contributed by atoms with Crippen LogP contribution in [-0.4, -0.2) is 75.2 Å². The highest BCUT2D eigenvalue weighted by Crippen LogP contribution is 2.17. The van der Waals surface area contributed by atoms with E-state index in [1.54, 1.807) is 20.4 Å². The van der Waals surface area contributed by atoms with E-state index < -0.39 is 0 Å². The summed E-state index contributed by atoms with van der Waals surface area (Å²) in [5.74, 6) is 2.72. The van der Waals surface area contributed by atoms with Crippen molar-refractivity contribution in [2.75, 3.05) is 58.3 Å². The Kier molecular flexibility index (Phi) is 11.1. The number of aromatic nitrogens is 1. The fourth-order valence-electron chi connectivity index (χ4n) is 3.62. The van der Waals surface area contributed by atoms with Crippen molar-refractivity contribution in [1.29, 1.82) is 0 Å². The largest absolute Gasteiger partial charge is 0.496 e. The maximum absolute atomic E-state index is 12.6. The smallest absolute Gasteiger partial charge is 0.224 e. The van der Waals surface area contributed by atoms with Gasteiger partial charge in [-0.1, -0.05) is 24.3 Å². The molecule has 1 aliphatic heterocycles. The summed E-state index contributed by atoms with van der Waals surface area (Å²) >= 11 is 0. The number of aliphatic imine (C=N–C) groups is 1. The first-order chi connectivity index (χ1) is 15.2. The second-order valence-corrected chi connectivity index (χ2v) is 7.29. The van der Waals surface area contributed by atoms with Crippen molar-refractivity contribution in [3.05, 3.63) is 54.2 Å². The summed E-state index contributed by atoms with van der Waals surface area (Å²) in [6.45, 7) is 4.34. The molecule has 2 aromatic rings. The summed E-state index contributed by atoms with van der Waals surface area (Å²) in [6.07, 6.45) is 3.07. The van der Waals surface area contributed by atoms with E-state index in [4.69, 9.17) is 4.74 Å². The number of hydrogen-bond acceptors (Lipinski definition) is 5. The number of guanidine groups is 1. The van der Waals surface area contributed by atoms with Crippen LogP contribution in [0, 0.1) is 0 Å². The second kappa shape index (κ2) is 13.8. The van der Waals surface area contributed by atoms with E-state index in [-0.39, 0.29) is 29.9 Å². The monoisotopic (exact) mass is 552 g/mol. The molecule has 3 rings (SSSR count).